The molecule has 0 saturated carbocycles. The Kier molecular flexibility index (Phi) is 7.50. The molecule has 0 aromatic heterocycles. The molecule has 152 valence electrons. The SMILES string of the molecule is Cc1cc(C(=O)N2CCSCC2)ccc1NC(=O)CCC(=O)c1ccc(Br)cc1. The second-order valence-electron chi connectivity index (χ2n) is 6.91. The molecular formula is C22H23BrN2O3S. The van der Waals surface area contributed by atoms with Crippen LogP contribution in [0.5, 0.6) is 0 Å². The predicted molar refractivity (Wildman–Crippen MR) is 121 cm³/mol. The van der Waals surface area contributed by atoms with Gasteiger partial charge >= 0.3 is 0 Å². The summed E-state index contributed by atoms with van der Waals surface area (Å²) in [6, 6.07) is 12.4. The molecule has 0 radical (unpaired) electrons. The zero-order valence-electron chi connectivity index (χ0n) is 16.2. The first-order valence-corrected chi connectivity index (χ1v) is 11.4. The van der Waals surface area contributed by atoms with Gasteiger partial charge in [0.25, 0.3) is 5.91 Å². The summed E-state index contributed by atoms with van der Waals surface area (Å²) in [5.74, 6) is 1.69. The van der Waals surface area contributed by atoms with Crippen molar-refractivity contribution in [3.05, 3.63) is 63.6 Å². The van der Waals surface area contributed by atoms with Crippen molar-refractivity contribution in [1.82, 2.24) is 4.90 Å². The van der Waals surface area contributed by atoms with Crippen molar-refractivity contribution in [2.75, 3.05) is 29.9 Å². The molecule has 2 amide bonds. The molecule has 2 aromatic carbocycles. The van der Waals surface area contributed by atoms with E-state index < -0.39 is 0 Å². The van der Waals surface area contributed by atoms with Gasteiger partial charge in [-0.2, -0.15) is 11.8 Å². The maximum atomic E-state index is 12.6. The maximum Gasteiger partial charge on any atom is 0.253 e. The summed E-state index contributed by atoms with van der Waals surface area (Å²) in [5.41, 5.74) is 2.72. The standard InChI is InChI=1S/C22H23BrN2O3S/c1-15-14-17(22(28)25-10-12-29-13-11-25)4-7-19(15)24-21(27)9-8-20(26)16-2-5-18(23)6-3-16/h2-7,14H,8-13H2,1H3,(H,24,27). The van der Waals surface area contributed by atoms with Crippen molar-refractivity contribution in [2.24, 2.45) is 0 Å². The molecule has 7 heteroatoms. The number of nitrogens with one attached hydrogen (secondary N) is 1. The molecule has 0 spiro atoms. The van der Waals surface area contributed by atoms with E-state index in [4.69, 9.17) is 0 Å². The van der Waals surface area contributed by atoms with Crippen molar-refractivity contribution < 1.29 is 14.4 Å². The minimum absolute atomic E-state index is 0.0337. The van der Waals surface area contributed by atoms with Crippen LogP contribution in [0.1, 0.15) is 39.1 Å². The van der Waals surface area contributed by atoms with E-state index in [1.165, 1.54) is 0 Å². The Bertz CT molecular complexity index is 909. The predicted octanol–water partition coefficient (Wildman–Crippen LogP) is 4.55. The lowest BCUT2D eigenvalue weighted by Crippen LogP contribution is -2.37. The summed E-state index contributed by atoms with van der Waals surface area (Å²) < 4.78 is 0.906. The number of aryl methyl sites for hydroxylation is 1. The fraction of sp³-hybridized carbons (Fsp3) is 0.318. The van der Waals surface area contributed by atoms with Gasteiger partial charge in [-0.1, -0.05) is 28.1 Å². The molecule has 1 aliphatic heterocycles. The molecule has 0 atom stereocenters. The summed E-state index contributed by atoms with van der Waals surface area (Å²) in [6.07, 6.45) is 0.260. The average molecular weight is 475 g/mol. The van der Waals surface area contributed by atoms with Crippen LogP contribution in [-0.2, 0) is 4.79 Å². The molecule has 1 N–H and O–H groups in total. The molecular weight excluding hydrogens is 452 g/mol. The fourth-order valence-corrected chi connectivity index (χ4v) is 4.27. The number of amides is 2. The highest BCUT2D eigenvalue weighted by Crippen LogP contribution is 2.20. The van der Waals surface area contributed by atoms with Crippen molar-refractivity contribution >= 4 is 51.0 Å². The fourth-order valence-electron chi connectivity index (χ4n) is 3.11. The lowest BCUT2D eigenvalue weighted by molar-refractivity contribution is -0.116. The molecule has 0 unspecified atom stereocenters. The largest absolute Gasteiger partial charge is 0.337 e. The van der Waals surface area contributed by atoms with Gasteiger partial charge in [-0.15, -0.1) is 0 Å². The van der Waals surface area contributed by atoms with Crippen LogP contribution >= 0.6 is 27.7 Å². The van der Waals surface area contributed by atoms with Gasteiger partial charge in [0, 0.05) is 58.7 Å². The quantitative estimate of drug-likeness (QED) is 0.623. The van der Waals surface area contributed by atoms with E-state index in [9.17, 15) is 14.4 Å². The smallest absolute Gasteiger partial charge is 0.253 e. The minimum Gasteiger partial charge on any atom is -0.337 e. The zero-order valence-corrected chi connectivity index (χ0v) is 18.6. The molecule has 29 heavy (non-hydrogen) atoms. The number of hydrogen-bond donors (Lipinski definition) is 1. The van der Waals surface area contributed by atoms with Crippen LogP contribution in [0.15, 0.2) is 46.9 Å². The van der Waals surface area contributed by atoms with E-state index in [1.807, 2.05) is 41.8 Å². The molecule has 1 heterocycles. The lowest BCUT2D eigenvalue weighted by Gasteiger charge is -2.26. The van der Waals surface area contributed by atoms with E-state index in [0.717, 1.165) is 34.6 Å². The van der Waals surface area contributed by atoms with Gasteiger partial charge in [-0.25, -0.2) is 0 Å². The number of carbonyl (C=O) groups excluding carboxylic acids is 3. The van der Waals surface area contributed by atoms with Crippen molar-refractivity contribution in [2.45, 2.75) is 19.8 Å². The summed E-state index contributed by atoms with van der Waals surface area (Å²) in [6.45, 7) is 3.41. The third kappa shape index (κ3) is 5.93. The first-order valence-electron chi connectivity index (χ1n) is 9.50. The van der Waals surface area contributed by atoms with E-state index in [2.05, 4.69) is 21.2 Å². The normalized spacial score (nSPS) is 13.8. The Balaban J connectivity index is 1.55. The molecule has 3 rings (SSSR count). The zero-order chi connectivity index (χ0) is 20.8. The van der Waals surface area contributed by atoms with Gasteiger partial charge in [-0.3, -0.25) is 14.4 Å². The van der Waals surface area contributed by atoms with Gasteiger partial charge in [0.15, 0.2) is 5.78 Å². The molecule has 5 nitrogen and oxygen atoms in total. The number of benzene rings is 2. The molecule has 1 aliphatic rings. The number of rotatable bonds is 6. The number of carbonyl (C=O) groups is 3. The number of nitrogens with zero attached hydrogens (tertiary/aromatic N) is 1. The third-order valence-electron chi connectivity index (χ3n) is 4.79. The number of Topliss-reactive ketones (excluding diaryl/α,β-unsaturated/α-hetero) is 1. The molecule has 0 bridgehead atoms. The Morgan fingerprint density at radius 1 is 1.00 bits per heavy atom. The van der Waals surface area contributed by atoms with Crippen molar-refractivity contribution in [3.63, 3.8) is 0 Å². The summed E-state index contributed by atoms with van der Waals surface area (Å²) >= 11 is 5.20. The highest BCUT2D eigenvalue weighted by molar-refractivity contribution is 9.10. The summed E-state index contributed by atoms with van der Waals surface area (Å²) in [7, 11) is 0. The summed E-state index contributed by atoms with van der Waals surface area (Å²) in [5, 5.41) is 2.84. The molecule has 1 fully saturated rings. The molecule has 2 aromatic rings. The highest BCUT2D eigenvalue weighted by atomic mass is 79.9. The Morgan fingerprint density at radius 2 is 1.66 bits per heavy atom. The van der Waals surface area contributed by atoms with E-state index >= 15 is 0 Å². The number of anilines is 1. The van der Waals surface area contributed by atoms with E-state index in [-0.39, 0.29) is 30.4 Å². The van der Waals surface area contributed by atoms with E-state index in [0.29, 0.717) is 16.8 Å². The number of hydrogen-bond acceptors (Lipinski definition) is 4. The Hall–Kier alpha value is -2.12. The average Bonchev–Trinajstić information content (AvgIpc) is 2.74. The van der Waals surface area contributed by atoms with Gasteiger partial charge in [0.1, 0.15) is 0 Å². The first-order chi connectivity index (χ1) is 13.9. The minimum atomic E-state index is -0.217. The van der Waals surface area contributed by atoms with Crippen LogP contribution in [0, 0.1) is 6.92 Å². The van der Waals surface area contributed by atoms with Crippen LogP contribution in [0.3, 0.4) is 0 Å². The van der Waals surface area contributed by atoms with Crippen LogP contribution < -0.4 is 5.32 Å². The van der Waals surface area contributed by atoms with Gasteiger partial charge in [-0.05, 0) is 42.8 Å². The van der Waals surface area contributed by atoms with Crippen molar-refractivity contribution in [3.8, 4) is 0 Å². The molecule has 1 saturated heterocycles. The van der Waals surface area contributed by atoms with Gasteiger partial charge in [0.05, 0.1) is 0 Å². The number of halogens is 1. The second kappa shape index (κ2) is 10.1. The maximum absolute atomic E-state index is 12.6. The lowest BCUT2D eigenvalue weighted by atomic mass is 10.1. The first kappa shape index (κ1) is 21.6. The topological polar surface area (TPSA) is 66.5 Å². The monoisotopic (exact) mass is 474 g/mol. The third-order valence-corrected chi connectivity index (χ3v) is 6.26. The van der Waals surface area contributed by atoms with Gasteiger partial charge in [0.2, 0.25) is 5.91 Å². The number of ketones is 1. The van der Waals surface area contributed by atoms with Crippen LogP contribution in [-0.4, -0.2) is 47.1 Å². The van der Waals surface area contributed by atoms with Crippen molar-refractivity contribution in [1.29, 1.82) is 0 Å². The number of thioether (sulfide) groups is 1. The van der Waals surface area contributed by atoms with Crippen LogP contribution in [0.2, 0.25) is 0 Å². The Labute approximate surface area is 183 Å². The van der Waals surface area contributed by atoms with Crippen LogP contribution in [0.25, 0.3) is 0 Å². The second-order valence-corrected chi connectivity index (χ2v) is 9.05. The molecule has 0 aliphatic carbocycles. The summed E-state index contributed by atoms with van der Waals surface area (Å²) in [4.78, 5) is 39.0. The highest BCUT2D eigenvalue weighted by Gasteiger charge is 2.19. The van der Waals surface area contributed by atoms with Gasteiger partial charge < -0.3 is 10.2 Å². The Morgan fingerprint density at radius 3 is 2.31 bits per heavy atom. The van der Waals surface area contributed by atoms with E-state index in [1.54, 1.807) is 24.3 Å². The van der Waals surface area contributed by atoms with Crippen LogP contribution in [0.4, 0.5) is 5.69 Å².